The molecule has 21 heavy (non-hydrogen) atoms. The molecule has 114 valence electrons. The van der Waals surface area contributed by atoms with Gasteiger partial charge < -0.3 is 10.2 Å². The largest absolute Gasteiger partial charge is 0.310 e. The Morgan fingerprint density at radius 3 is 2.86 bits per heavy atom. The number of nitrogens with one attached hydrogen (secondary N) is 1. The van der Waals surface area contributed by atoms with Crippen molar-refractivity contribution < 1.29 is 0 Å². The Labute approximate surface area is 136 Å². The number of hydrogen-bond acceptors (Lipinski definition) is 4. The third kappa shape index (κ3) is 5.08. The van der Waals surface area contributed by atoms with Gasteiger partial charge in [0.25, 0.3) is 0 Å². The Morgan fingerprint density at radius 2 is 2.19 bits per heavy atom. The molecule has 0 amide bonds. The zero-order valence-corrected chi connectivity index (χ0v) is 14.1. The summed E-state index contributed by atoms with van der Waals surface area (Å²) in [6.07, 6.45) is 1.03. The third-order valence-corrected chi connectivity index (χ3v) is 4.43. The van der Waals surface area contributed by atoms with Crippen molar-refractivity contribution in [1.29, 1.82) is 0 Å². The molecule has 0 spiro atoms. The molecule has 2 aromatic rings. The van der Waals surface area contributed by atoms with E-state index in [1.54, 1.807) is 11.3 Å². The molecule has 0 saturated carbocycles. The zero-order valence-electron chi connectivity index (χ0n) is 12.6. The second-order valence-electron chi connectivity index (χ2n) is 5.14. The van der Waals surface area contributed by atoms with Crippen LogP contribution in [-0.4, -0.2) is 30.0 Å². The highest BCUT2D eigenvalue weighted by Gasteiger charge is 2.14. The van der Waals surface area contributed by atoms with E-state index in [1.165, 1.54) is 5.56 Å². The molecule has 3 nitrogen and oxygen atoms in total. The summed E-state index contributed by atoms with van der Waals surface area (Å²) in [6, 6.07) is 8.38. The average molecular weight is 324 g/mol. The maximum Gasteiger partial charge on any atom is 0.0795 e. The van der Waals surface area contributed by atoms with E-state index in [1.807, 2.05) is 23.7 Å². The van der Waals surface area contributed by atoms with E-state index >= 15 is 0 Å². The number of rotatable bonds is 8. The lowest BCUT2D eigenvalue weighted by molar-refractivity contribution is 0.299. The van der Waals surface area contributed by atoms with Crippen LogP contribution in [0.4, 0.5) is 0 Å². The van der Waals surface area contributed by atoms with Gasteiger partial charge in [-0.3, -0.25) is 0 Å². The number of nitrogens with zero attached hydrogens (tertiary/aromatic N) is 2. The maximum absolute atomic E-state index is 6.32. The molecule has 0 radical (unpaired) electrons. The highest BCUT2D eigenvalue weighted by Crippen LogP contribution is 2.25. The minimum absolute atomic E-state index is 0.293. The molecule has 1 aromatic carbocycles. The monoisotopic (exact) mass is 323 g/mol. The van der Waals surface area contributed by atoms with Crippen LogP contribution in [-0.2, 0) is 6.54 Å². The maximum atomic E-state index is 6.32. The number of aromatic nitrogens is 1. The molecule has 1 heterocycles. The van der Waals surface area contributed by atoms with E-state index in [-0.39, 0.29) is 0 Å². The lowest BCUT2D eigenvalue weighted by atomic mass is 10.0. The van der Waals surface area contributed by atoms with Gasteiger partial charge in [-0.1, -0.05) is 36.7 Å². The molecule has 1 atom stereocenters. The summed E-state index contributed by atoms with van der Waals surface area (Å²) in [6.45, 7) is 4.96. The lowest BCUT2D eigenvalue weighted by Crippen LogP contribution is -2.27. The first-order chi connectivity index (χ1) is 10.2. The van der Waals surface area contributed by atoms with E-state index in [0.717, 1.165) is 36.8 Å². The van der Waals surface area contributed by atoms with Crippen LogP contribution in [0.3, 0.4) is 0 Å². The summed E-state index contributed by atoms with van der Waals surface area (Å²) >= 11 is 7.97. The van der Waals surface area contributed by atoms with Crippen molar-refractivity contribution in [2.75, 3.05) is 20.1 Å². The van der Waals surface area contributed by atoms with Crippen LogP contribution in [0.15, 0.2) is 35.2 Å². The first kappa shape index (κ1) is 16.4. The highest BCUT2D eigenvalue weighted by atomic mass is 35.5. The quantitative estimate of drug-likeness (QED) is 0.796. The van der Waals surface area contributed by atoms with Gasteiger partial charge in [0.1, 0.15) is 0 Å². The van der Waals surface area contributed by atoms with E-state index < -0.39 is 0 Å². The van der Waals surface area contributed by atoms with Crippen molar-refractivity contribution in [3.05, 3.63) is 51.4 Å². The van der Waals surface area contributed by atoms with Crippen molar-refractivity contribution in [3.8, 4) is 0 Å². The van der Waals surface area contributed by atoms with Gasteiger partial charge in [-0.2, -0.15) is 0 Å². The van der Waals surface area contributed by atoms with Gasteiger partial charge in [0.2, 0.25) is 0 Å². The molecule has 0 bridgehead atoms. The summed E-state index contributed by atoms with van der Waals surface area (Å²) in [4.78, 5) is 6.63. The number of halogens is 1. The Hall–Kier alpha value is -0.940. The van der Waals surface area contributed by atoms with Crippen LogP contribution in [0, 0.1) is 0 Å². The fourth-order valence-electron chi connectivity index (χ4n) is 2.39. The van der Waals surface area contributed by atoms with Crippen molar-refractivity contribution in [1.82, 2.24) is 15.2 Å². The normalized spacial score (nSPS) is 12.8. The Kier molecular flexibility index (Phi) is 6.64. The number of thiazole rings is 1. The predicted molar refractivity (Wildman–Crippen MR) is 90.9 cm³/mol. The minimum atomic E-state index is 0.293. The summed E-state index contributed by atoms with van der Waals surface area (Å²) in [5.74, 6) is 0. The van der Waals surface area contributed by atoms with Crippen LogP contribution >= 0.6 is 22.9 Å². The van der Waals surface area contributed by atoms with Crippen molar-refractivity contribution in [3.63, 3.8) is 0 Å². The molecule has 0 fully saturated rings. The standard InChI is InChI=1S/C16H22ClN3S/c1-3-18-16(14-6-4-5-7-15(14)17)8-9-20(2)10-13-11-21-12-19-13/h4-7,11-12,16,18H,3,8-10H2,1-2H3. The van der Waals surface area contributed by atoms with Crippen molar-refractivity contribution in [2.24, 2.45) is 0 Å². The van der Waals surface area contributed by atoms with Crippen molar-refractivity contribution in [2.45, 2.75) is 25.9 Å². The molecule has 2 rings (SSSR count). The second kappa shape index (κ2) is 8.49. The van der Waals surface area contributed by atoms with Gasteiger partial charge in [-0.05, 0) is 31.6 Å². The molecule has 0 aliphatic rings. The van der Waals surface area contributed by atoms with Crippen LogP contribution in [0.2, 0.25) is 5.02 Å². The Morgan fingerprint density at radius 1 is 1.38 bits per heavy atom. The molecule has 1 unspecified atom stereocenters. The molecule has 1 aromatic heterocycles. The fraction of sp³-hybridized carbons (Fsp3) is 0.438. The van der Waals surface area contributed by atoms with Gasteiger partial charge in [0.05, 0.1) is 11.2 Å². The first-order valence-electron chi connectivity index (χ1n) is 7.24. The van der Waals surface area contributed by atoms with E-state index in [4.69, 9.17) is 11.6 Å². The van der Waals surface area contributed by atoms with E-state index in [2.05, 4.69) is 40.6 Å². The SMILES string of the molecule is CCNC(CCN(C)Cc1cscn1)c1ccccc1Cl. The van der Waals surface area contributed by atoms with E-state index in [0.29, 0.717) is 6.04 Å². The van der Waals surface area contributed by atoms with Gasteiger partial charge in [0, 0.05) is 29.5 Å². The van der Waals surface area contributed by atoms with Gasteiger partial charge in [-0.25, -0.2) is 4.98 Å². The third-order valence-electron chi connectivity index (χ3n) is 3.45. The fourth-order valence-corrected chi connectivity index (χ4v) is 3.21. The summed E-state index contributed by atoms with van der Waals surface area (Å²) in [5, 5.41) is 6.47. The van der Waals surface area contributed by atoms with Gasteiger partial charge >= 0.3 is 0 Å². The Balaban J connectivity index is 1.92. The summed E-state index contributed by atoms with van der Waals surface area (Å²) < 4.78 is 0. The second-order valence-corrected chi connectivity index (χ2v) is 6.26. The van der Waals surface area contributed by atoms with E-state index in [9.17, 15) is 0 Å². The molecule has 5 heteroatoms. The van der Waals surface area contributed by atoms with Gasteiger partial charge in [-0.15, -0.1) is 11.3 Å². The van der Waals surface area contributed by atoms with Gasteiger partial charge in [0.15, 0.2) is 0 Å². The molecule has 0 saturated heterocycles. The summed E-state index contributed by atoms with van der Waals surface area (Å²) in [7, 11) is 2.13. The van der Waals surface area contributed by atoms with Crippen molar-refractivity contribution >= 4 is 22.9 Å². The highest BCUT2D eigenvalue weighted by molar-refractivity contribution is 7.07. The first-order valence-corrected chi connectivity index (χ1v) is 8.56. The Bertz CT molecular complexity index is 530. The molecule has 0 aliphatic carbocycles. The number of hydrogen-bond donors (Lipinski definition) is 1. The van der Waals surface area contributed by atoms with Crippen LogP contribution in [0.1, 0.15) is 30.6 Å². The van der Waals surface area contributed by atoms with Crippen LogP contribution in [0.25, 0.3) is 0 Å². The number of benzene rings is 1. The predicted octanol–water partition coefficient (Wildman–Crippen LogP) is 3.97. The van der Waals surface area contributed by atoms with Crippen LogP contribution in [0.5, 0.6) is 0 Å². The van der Waals surface area contributed by atoms with Crippen LogP contribution < -0.4 is 5.32 Å². The molecular formula is C16H22ClN3S. The molecule has 1 N–H and O–H groups in total. The molecular weight excluding hydrogens is 302 g/mol. The minimum Gasteiger partial charge on any atom is -0.310 e. The zero-order chi connectivity index (χ0) is 15.1. The topological polar surface area (TPSA) is 28.2 Å². The summed E-state index contributed by atoms with van der Waals surface area (Å²) in [5.41, 5.74) is 4.21. The lowest BCUT2D eigenvalue weighted by Gasteiger charge is -2.23. The smallest absolute Gasteiger partial charge is 0.0795 e. The molecule has 0 aliphatic heterocycles. The average Bonchev–Trinajstić information content (AvgIpc) is 2.97.